The quantitative estimate of drug-likeness (QED) is 0.699. The van der Waals surface area contributed by atoms with E-state index in [1.54, 1.807) is 6.07 Å². The number of allylic oxidation sites excluding steroid dienone is 2. The lowest BCUT2D eigenvalue weighted by atomic mass is 9.76. The molecule has 2 aromatic carbocycles. The maximum absolute atomic E-state index is 12.2. The Labute approximate surface area is 162 Å². The number of amides is 1. The van der Waals surface area contributed by atoms with Gasteiger partial charge in [-0.15, -0.1) is 0 Å². The first-order valence-corrected chi connectivity index (χ1v) is 9.24. The van der Waals surface area contributed by atoms with Crippen molar-refractivity contribution < 1.29 is 14.7 Å². The molecule has 1 aliphatic heterocycles. The number of rotatable bonds is 4. The van der Waals surface area contributed by atoms with Crippen molar-refractivity contribution in [1.29, 1.82) is 0 Å². The van der Waals surface area contributed by atoms with Crippen LogP contribution in [0.4, 0.5) is 5.69 Å². The van der Waals surface area contributed by atoms with Crippen molar-refractivity contribution in [3.05, 3.63) is 76.3 Å². The Morgan fingerprint density at radius 2 is 2.00 bits per heavy atom. The minimum absolute atomic E-state index is 0.0953. The molecule has 1 heterocycles. The molecule has 6 heteroatoms. The fourth-order valence-electron chi connectivity index (χ4n) is 4.03. The number of carbonyl (C=O) groups excluding carboxylic acids is 1. The summed E-state index contributed by atoms with van der Waals surface area (Å²) in [6, 6.07) is 13.4. The minimum Gasteiger partial charge on any atom is -0.480 e. The van der Waals surface area contributed by atoms with E-state index < -0.39 is 12.5 Å². The molecule has 1 amide bonds. The van der Waals surface area contributed by atoms with Crippen molar-refractivity contribution in [3.8, 4) is 0 Å². The summed E-state index contributed by atoms with van der Waals surface area (Å²) in [7, 11) is 0. The zero-order valence-electron chi connectivity index (χ0n) is 14.5. The second kappa shape index (κ2) is 7.08. The summed E-state index contributed by atoms with van der Waals surface area (Å²) in [6.07, 6.45) is 5.29. The van der Waals surface area contributed by atoms with E-state index in [1.807, 2.05) is 36.4 Å². The molecule has 138 valence electrons. The van der Waals surface area contributed by atoms with Gasteiger partial charge in [-0.25, -0.2) is 0 Å². The summed E-state index contributed by atoms with van der Waals surface area (Å²) in [5, 5.41) is 15.5. The Morgan fingerprint density at radius 1 is 1.19 bits per heavy atom. The van der Waals surface area contributed by atoms with Crippen LogP contribution in [0.3, 0.4) is 0 Å². The highest BCUT2D eigenvalue weighted by atomic mass is 35.5. The van der Waals surface area contributed by atoms with Gasteiger partial charge in [-0.2, -0.15) is 0 Å². The first-order chi connectivity index (χ1) is 13.0. The number of fused-ring (bicyclic) bond motifs is 3. The number of carboxylic acid groups (broad SMARTS) is 1. The molecule has 5 nitrogen and oxygen atoms in total. The summed E-state index contributed by atoms with van der Waals surface area (Å²) >= 11 is 6.44. The summed E-state index contributed by atoms with van der Waals surface area (Å²) in [4.78, 5) is 22.9. The van der Waals surface area contributed by atoms with Crippen LogP contribution < -0.4 is 10.6 Å². The second-order valence-corrected chi connectivity index (χ2v) is 7.28. The van der Waals surface area contributed by atoms with Gasteiger partial charge in [0, 0.05) is 22.2 Å². The van der Waals surface area contributed by atoms with E-state index >= 15 is 0 Å². The molecule has 1 aliphatic carbocycles. The van der Waals surface area contributed by atoms with Gasteiger partial charge in [-0.3, -0.25) is 9.59 Å². The fraction of sp³-hybridized carbons (Fsp3) is 0.238. The van der Waals surface area contributed by atoms with Gasteiger partial charge in [0.25, 0.3) is 5.91 Å². The Balaban J connectivity index is 1.67. The Bertz CT molecular complexity index is 941. The second-order valence-electron chi connectivity index (χ2n) is 6.88. The fourth-order valence-corrected chi connectivity index (χ4v) is 4.28. The number of hydrogen-bond donors (Lipinski definition) is 3. The Kier molecular flexibility index (Phi) is 4.62. The number of nitrogens with one attached hydrogen (secondary N) is 2. The summed E-state index contributed by atoms with van der Waals surface area (Å²) in [5.74, 6) is -0.944. The molecule has 0 spiro atoms. The van der Waals surface area contributed by atoms with Crippen molar-refractivity contribution in [2.75, 3.05) is 11.9 Å². The third kappa shape index (κ3) is 3.30. The smallest absolute Gasteiger partial charge is 0.322 e. The van der Waals surface area contributed by atoms with Crippen molar-refractivity contribution in [3.63, 3.8) is 0 Å². The molecule has 0 unspecified atom stereocenters. The lowest BCUT2D eigenvalue weighted by Gasteiger charge is -2.38. The van der Waals surface area contributed by atoms with Crippen molar-refractivity contribution in [2.45, 2.75) is 18.4 Å². The average Bonchev–Trinajstić information content (AvgIpc) is 3.16. The first kappa shape index (κ1) is 17.6. The number of carboxylic acids is 1. The van der Waals surface area contributed by atoms with Crippen LogP contribution in [-0.2, 0) is 4.79 Å². The van der Waals surface area contributed by atoms with Crippen molar-refractivity contribution in [1.82, 2.24) is 5.32 Å². The van der Waals surface area contributed by atoms with Gasteiger partial charge >= 0.3 is 5.97 Å². The van der Waals surface area contributed by atoms with Gasteiger partial charge in [-0.05, 0) is 47.7 Å². The molecule has 0 saturated heterocycles. The Hall–Kier alpha value is -2.79. The molecule has 0 bridgehead atoms. The van der Waals surface area contributed by atoms with Crippen molar-refractivity contribution in [2.24, 2.45) is 5.92 Å². The van der Waals surface area contributed by atoms with Gasteiger partial charge in [0.05, 0.1) is 6.04 Å². The molecule has 3 atom stereocenters. The number of hydrogen-bond acceptors (Lipinski definition) is 3. The van der Waals surface area contributed by atoms with E-state index in [9.17, 15) is 9.59 Å². The van der Waals surface area contributed by atoms with Gasteiger partial charge in [0.1, 0.15) is 6.54 Å². The van der Waals surface area contributed by atoms with Crippen LogP contribution in [0.2, 0.25) is 5.02 Å². The molecule has 4 rings (SSSR count). The number of halogens is 1. The molecular weight excluding hydrogens is 364 g/mol. The topological polar surface area (TPSA) is 78.4 Å². The molecule has 0 radical (unpaired) electrons. The molecule has 0 saturated carbocycles. The highest BCUT2D eigenvalue weighted by molar-refractivity contribution is 6.31. The number of anilines is 1. The standard InChI is InChI=1S/C21H19ClN2O3/c22-17-7-2-1-4-15(17)20-14-6-3-5-13(14)16-10-12(8-9-18(16)24-20)21(27)23-11-19(25)26/h1-5,7-10,13-14,20,24H,6,11H2,(H,23,27)(H,25,26)/t13-,14+,20-/m0/s1. The maximum Gasteiger partial charge on any atom is 0.322 e. The molecule has 0 aromatic heterocycles. The largest absolute Gasteiger partial charge is 0.480 e. The molecule has 2 aromatic rings. The van der Waals surface area contributed by atoms with Gasteiger partial charge in [0.2, 0.25) is 0 Å². The van der Waals surface area contributed by atoms with Gasteiger partial charge in [-0.1, -0.05) is 42.0 Å². The average molecular weight is 383 g/mol. The third-order valence-electron chi connectivity index (χ3n) is 5.27. The summed E-state index contributed by atoms with van der Waals surface area (Å²) in [6.45, 7) is -0.394. The minimum atomic E-state index is -1.07. The van der Waals surface area contributed by atoms with E-state index in [1.165, 1.54) is 0 Å². The monoisotopic (exact) mass is 382 g/mol. The predicted octanol–water partition coefficient (Wildman–Crippen LogP) is 3.98. The van der Waals surface area contributed by atoms with Crippen LogP contribution in [0.25, 0.3) is 0 Å². The lowest BCUT2D eigenvalue weighted by molar-refractivity contribution is -0.135. The third-order valence-corrected chi connectivity index (χ3v) is 5.61. The first-order valence-electron chi connectivity index (χ1n) is 8.86. The number of carbonyl (C=O) groups is 2. The zero-order valence-corrected chi connectivity index (χ0v) is 15.2. The van der Waals surface area contributed by atoms with E-state index in [0.717, 1.165) is 28.3 Å². The molecule has 2 aliphatic rings. The van der Waals surface area contributed by atoms with E-state index in [0.29, 0.717) is 11.5 Å². The van der Waals surface area contributed by atoms with Crippen LogP contribution in [0.15, 0.2) is 54.6 Å². The zero-order chi connectivity index (χ0) is 19.0. The molecule has 27 heavy (non-hydrogen) atoms. The van der Waals surface area contributed by atoms with Crippen LogP contribution in [-0.4, -0.2) is 23.5 Å². The summed E-state index contributed by atoms with van der Waals surface area (Å²) < 4.78 is 0. The number of aliphatic carboxylic acids is 1. The van der Waals surface area contributed by atoms with E-state index in [2.05, 4.69) is 22.8 Å². The molecular formula is C21H19ClN2O3. The van der Waals surface area contributed by atoms with Crippen LogP contribution >= 0.6 is 11.6 Å². The molecule has 0 fully saturated rings. The predicted molar refractivity (Wildman–Crippen MR) is 104 cm³/mol. The van der Waals surface area contributed by atoms with E-state index in [4.69, 9.17) is 16.7 Å². The normalized spacial score (nSPS) is 22.5. The molecule has 3 N–H and O–H groups in total. The van der Waals surface area contributed by atoms with Crippen LogP contribution in [0, 0.1) is 5.92 Å². The van der Waals surface area contributed by atoms with E-state index in [-0.39, 0.29) is 17.9 Å². The van der Waals surface area contributed by atoms with Gasteiger partial charge < -0.3 is 15.7 Å². The van der Waals surface area contributed by atoms with Crippen LogP contribution in [0.5, 0.6) is 0 Å². The van der Waals surface area contributed by atoms with Gasteiger partial charge in [0.15, 0.2) is 0 Å². The number of benzene rings is 2. The maximum atomic E-state index is 12.2. The SMILES string of the molecule is O=C(O)CNC(=O)c1ccc2c(c1)[C@H]1C=CC[C@H]1[C@@H](c1ccccc1Cl)N2. The summed E-state index contributed by atoms with van der Waals surface area (Å²) in [5.41, 5.74) is 3.57. The highest BCUT2D eigenvalue weighted by Crippen LogP contribution is 2.50. The van der Waals surface area contributed by atoms with Crippen molar-refractivity contribution >= 4 is 29.2 Å². The highest BCUT2D eigenvalue weighted by Gasteiger charge is 2.38. The Morgan fingerprint density at radius 3 is 2.78 bits per heavy atom. The lowest BCUT2D eigenvalue weighted by Crippen LogP contribution is -2.31. The van der Waals surface area contributed by atoms with Crippen LogP contribution in [0.1, 0.15) is 39.9 Å².